The summed E-state index contributed by atoms with van der Waals surface area (Å²) in [6.07, 6.45) is 1.71. The first-order chi connectivity index (χ1) is 6.93. The van der Waals surface area contributed by atoms with Gasteiger partial charge in [-0.3, -0.25) is 0 Å². The van der Waals surface area contributed by atoms with Crippen molar-refractivity contribution in [1.29, 1.82) is 0 Å². The summed E-state index contributed by atoms with van der Waals surface area (Å²) in [6.45, 7) is 4.42. The van der Waals surface area contributed by atoms with Crippen LogP contribution in [0.25, 0.3) is 0 Å². The topological polar surface area (TPSA) is 70.9 Å². The molecule has 0 fully saturated rings. The second kappa shape index (κ2) is 4.47. The third kappa shape index (κ3) is 3.08. The Hall–Kier alpha value is -1.32. The molecule has 0 bridgehead atoms. The third-order valence-electron chi connectivity index (χ3n) is 2.33. The lowest BCUT2D eigenvalue weighted by Crippen LogP contribution is -2.68. The number of aryl methyl sites for hydroxylation is 1. The molecule has 0 saturated carbocycles. The molecule has 2 rings (SSSR count). The number of benzene rings is 1. The van der Waals surface area contributed by atoms with Gasteiger partial charge in [-0.25, -0.2) is 0 Å². The molecule has 0 saturated heterocycles. The lowest BCUT2D eigenvalue weighted by molar-refractivity contribution is -0.558. The van der Waals surface area contributed by atoms with Crippen LogP contribution in [0.4, 0.5) is 0 Å². The van der Waals surface area contributed by atoms with Crippen molar-refractivity contribution in [3.63, 3.8) is 0 Å². The first-order valence-electron chi connectivity index (χ1n) is 4.92. The number of hydrogen-bond acceptors (Lipinski definition) is 2. The average Bonchev–Trinajstić information content (AvgIpc) is 2.43. The van der Waals surface area contributed by atoms with Crippen molar-refractivity contribution >= 4 is 0 Å². The molecule has 1 unspecified atom stereocenters. The zero-order valence-electron chi connectivity index (χ0n) is 8.99. The maximum atomic E-state index is 9.74. The molecule has 4 N–H and O–H groups in total. The molecule has 1 aromatic carbocycles. The largest absolute Gasteiger partial charge is 0.876 e. The smallest absolute Gasteiger partial charge is 0.223 e. The van der Waals surface area contributed by atoms with Crippen molar-refractivity contribution < 1.29 is 15.9 Å². The average molecular weight is 207 g/mol. The standard InChI is InChI=1S/C9H11NO.C3H6O/c10-9(11)6-5-7-3-1-2-4-8(7)9;1-3(2)4/h1-4,11H,5-6,10H2;4H,1H2,2H3. The normalized spacial score (nSPS) is 22.6. The van der Waals surface area contributed by atoms with Crippen LogP contribution in [0, 0.1) is 0 Å². The minimum atomic E-state index is -0.823. The van der Waals surface area contributed by atoms with Crippen LogP contribution in [0.2, 0.25) is 0 Å². The molecule has 1 atom stereocenters. The fourth-order valence-corrected chi connectivity index (χ4v) is 1.67. The van der Waals surface area contributed by atoms with Crippen LogP contribution < -0.4 is 10.8 Å². The second-order valence-corrected chi connectivity index (χ2v) is 3.89. The summed E-state index contributed by atoms with van der Waals surface area (Å²) in [5.74, 6) is -0.0833. The van der Waals surface area contributed by atoms with E-state index in [1.54, 1.807) is 0 Å². The summed E-state index contributed by atoms with van der Waals surface area (Å²) in [5.41, 5.74) is 5.18. The number of rotatable bonds is 0. The van der Waals surface area contributed by atoms with Crippen LogP contribution >= 0.6 is 0 Å². The van der Waals surface area contributed by atoms with Gasteiger partial charge in [-0.15, -0.1) is 12.3 Å². The molecule has 1 aliphatic carbocycles. The maximum absolute atomic E-state index is 9.74. The van der Waals surface area contributed by atoms with Crippen LogP contribution in [0.15, 0.2) is 36.6 Å². The molecule has 0 aromatic heterocycles. The zero-order valence-corrected chi connectivity index (χ0v) is 8.99. The maximum Gasteiger partial charge on any atom is 0.223 e. The Balaban J connectivity index is 0.000000245. The fraction of sp³-hybridized carbons (Fsp3) is 0.333. The highest BCUT2D eigenvalue weighted by atomic mass is 16.3. The predicted octanol–water partition coefficient (Wildman–Crippen LogP) is -0.0999. The van der Waals surface area contributed by atoms with Crippen LogP contribution in [0.3, 0.4) is 0 Å². The Morgan fingerprint density at radius 2 is 2.07 bits per heavy atom. The highest BCUT2D eigenvalue weighted by molar-refractivity contribution is 5.34. The Bertz CT molecular complexity index is 354. The van der Waals surface area contributed by atoms with Gasteiger partial charge < -0.3 is 15.9 Å². The van der Waals surface area contributed by atoms with Crippen molar-refractivity contribution in [3.05, 3.63) is 47.7 Å². The SMILES string of the molecule is C=C(C)[O-].[NH3+]C1(O)CCc2ccccc21. The Morgan fingerprint density at radius 3 is 2.60 bits per heavy atom. The molecule has 0 radical (unpaired) electrons. The van der Waals surface area contributed by atoms with Crippen LogP contribution in [0.5, 0.6) is 0 Å². The summed E-state index contributed by atoms with van der Waals surface area (Å²) >= 11 is 0. The number of quaternary nitrogens is 1. The minimum Gasteiger partial charge on any atom is -0.876 e. The lowest BCUT2D eigenvalue weighted by Gasteiger charge is -2.12. The predicted molar refractivity (Wildman–Crippen MR) is 56.4 cm³/mol. The molecular formula is C12H17NO2. The molecule has 3 nitrogen and oxygen atoms in total. The van der Waals surface area contributed by atoms with E-state index in [9.17, 15) is 10.2 Å². The fourth-order valence-electron chi connectivity index (χ4n) is 1.67. The monoisotopic (exact) mass is 207 g/mol. The molecule has 15 heavy (non-hydrogen) atoms. The van der Waals surface area contributed by atoms with Crippen LogP contribution in [-0.2, 0) is 12.1 Å². The molecule has 0 amide bonds. The van der Waals surface area contributed by atoms with Crippen molar-refractivity contribution in [3.8, 4) is 0 Å². The summed E-state index contributed by atoms with van der Waals surface area (Å²) in [7, 11) is 0. The summed E-state index contributed by atoms with van der Waals surface area (Å²) in [4.78, 5) is 0. The van der Waals surface area contributed by atoms with Crippen molar-refractivity contribution in [2.45, 2.75) is 25.5 Å². The molecule has 1 aliphatic rings. The summed E-state index contributed by atoms with van der Waals surface area (Å²) in [6, 6.07) is 7.95. The Labute approximate surface area is 89.9 Å². The first-order valence-corrected chi connectivity index (χ1v) is 4.92. The van der Waals surface area contributed by atoms with E-state index in [2.05, 4.69) is 18.4 Å². The van der Waals surface area contributed by atoms with Gasteiger partial charge in [0.1, 0.15) is 0 Å². The third-order valence-corrected chi connectivity index (χ3v) is 2.33. The van der Waals surface area contributed by atoms with Gasteiger partial charge in [0.15, 0.2) is 0 Å². The van der Waals surface area contributed by atoms with Crippen molar-refractivity contribution in [1.82, 2.24) is 0 Å². The molecule has 1 aromatic rings. The molecule has 3 heteroatoms. The zero-order chi connectivity index (χ0) is 11.5. The Morgan fingerprint density at radius 1 is 1.53 bits per heavy atom. The first kappa shape index (κ1) is 11.8. The Kier molecular flexibility index (Phi) is 3.50. The highest BCUT2D eigenvalue weighted by Gasteiger charge is 2.35. The van der Waals surface area contributed by atoms with E-state index in [0.717, 1.165) is 18.4 Å². The molecule has 82 valence electrons. The van der Waals surface area contributed by atoms with Crippen LogP contribution in [0.1, 0.15) is 24.5 Å². The van der Waals surface area contributed by atoms with E-state index < -0.39 is 5.72 Å². The second-order valence-electron chi connectivity index (χ2n) is 3.89. The summed E-state index contributed by atoms with van der Waals surface area (Å²) in [5, 5.41) is 19.1. The van der Waals surface area contributed by atoms with E-state index in [1.807, 2.05) is 18.2 Å². The number of hydrogen-bond donors (Lipinski definition) is 2. The van der Waals surface area contributed by atoms with E-state index in [0.29, 0.717) is 0 Å². The van der Waals surface area contributed by atoms with E-state index >= 15 is 0 Å². The quantitative estimate of drug-likeness (QED) is 0.460. The van der Waals surface area contributed by atoms with Gasteiger partial charge in [0.2, 0.25) is 5.72 Å². The lowest BCUT2D eigenvalue weighted by atomic mass is 10.1. The van der Waals surface area contributed by atoms with Gasteiger partial charge >= 0.3 is 0 Å². The van der Waals surface area contributed by atoms with Gasteiger partial charge in [-0.05, 0) is 18.1 Å². The number of aliphatic hydroxyl groups is 1. The van der Waals surface area contributed by atoms with Gasteiger partial charge in [0, 0.05) is 12.0 Å². The molecule has 0 spiro atoms. The van der Waals surface area contributed by atoms with E-state index in [4.69, 9.17) is 0 Å². The van der Waals surface area contributed by atoms with Crippen molar-refractivity contribution in [2.75, 3.05) is 0 Å². The van der Waals surface area contributed by atoms with Gasteiger partial charge in [0.05, 0.1) is 0 Å². The molecule has 0 aliphatic heterocycles. The molecular weight excluding hydrogens is 190 g/mol. The highest BCUT2D eigenvalue weighted by Crippen LogP contribution is 2.30. The van der Waals surface area contributed by atoms with Gasteiger partial charge in [0.25, 0.3) is 0 Å². The van der Waals surface area contributed by atoms with Gasteiger partial charge in [-0.2, -0.15) is 0 Å². The van der Waals surface area contributed by atoms with Gasteiger partial charge in [-0.1, -0.05) is 25.1 Å². The van der Waals surface area contributed by atoms with Crippen LogP contribution in [-0.4, -0.2) is 5.11 Å². The number of fused-ring (bicyclic) bond motifs is 1. The van der Waals surface area contributed by atoms with Crippen molar-refractivity contribution in [2.24, 2.45) is 0 Å². The van der Waals surface area contributed by atoms with E-state index in [1.165, 1.54) is 12.5 Å². The molecule has 0 heterocycles. The minimum absolute atomic E-state index is 0.0833. The van der Waals surface area contributed by atoms with E-state index in [-0.39, 0.29) is 5.76 Å². The summed E-state index contributed by atoms with van der Waals surface area (Å²) < 4.78 is 0. The number of allylic oxidation sites excluding steroid dienone is 1.